The van der Waals surface area contributed by atoms with Gasteiger partial charge in [0.05, 0.1) is 13.2 Å². The number of thiocarbonyl (C=S) groups is 1. The lowest BCUT2D eigenvalue weighted by atomic mass is 9.92. The molecule has 0 aliphatic carbocycles. The zero-order valence-corrected chi connectivity index (χ0v) is 21.2. The minimum atomic E-state index is 0.586. The predicted molar refractivity (Wildman–Crippen MR) is 139 cm³/mol. The molecule has 4 rings (SSSR count). The normalized spacial score (nSPS) is 24.9. The van der Waals surface area contributed by atoms with Crippen LogP contribution in [-0.4, -0.2) is 85.6 Å². The first-order valence-electron chi connectivity index (χ1n) is 12.8. The van der Waals surface area contributed by atoms with Gasteiger partial charge in [0, 0.05) is 58.4 Å². The second-order valence-electron chi connectivity index (χ2n) is 10.00. The lowest BCUT2D eigenvalue weighted by Crippen LogP contribution is -2.42. The van der Waals surface area contributed by atoms with E-state index in [2.05, 4.69) is 45.2 Å². The van der Waals surface area contributed by atoms with Crippen LogP contribution in [0.15, 0.2) is 6.07 Å². The summed E-state index contributed by atoms with van der Waals surface area (Å²) < 4.78 is 5.42. The van der Waals surface area contributed by atoms with Crippen LogP contribution in [-0.2, 0) is 4.74 Å². The first-order valence-corrected chi connectivity index (χ1v) is 13.2. The summed E-state index contributed by atoms with van der Waals surface area (Å²) >= 11 is 5.59. The zero-order valence-electron chi connectivity index (χ0n) is 20.4. The van der Waals surface area contributed by atoms with Crippen molar-refractivity contribution in [2.75, 3.05) is 80.7 Å². The molecule has 33 heavy (non-hydrogen) atoms. The molecule has 1 aromatic heterocycles. The molecule has 3 aliphatic rings. The summed E-state index contributed by atoms with van der Waals surface area (Å²) in [7, 11) is 0. The molecule has 2 unspecified atom stereocenters. The standard InChI is InChI=1S/C24H41N7OS/c1-19-15-20(2)18-31(17-19)22-16-21(30-8-5-3-4-6-9-30)26-23(27-22)28-24(33)25-7-10-29-11-13-32-14-12-29/h16,19-20H,3-15,17-18H2,1-2H3,(H2,25,26,27,28,33). The average molecular weight is 476 g/mol. The van der Waals surface area contributed by atoms with Gasteiger partial charge >= 0.3 is 0 Å². The first-order chi connectivity index (χ1) is 16.1. The van der Waals surface area contributed by atoms with Crippen LogP contribution < -0.4 is 20.4 Å². The lowest BCUT2D eigenvalue weighted by molar-refractivity contribution is 0.0389. The molecular formula is C24H41N7OS. The van der Waals surface area contributed by atoms with Gasteiger partial charge in [-0.2, -0.15) is 9.97 Å². The van der Waals surface area contributed by atoms with E-state index < -0.39 is 0 Å². The number of anilines is 3. The number of morpholine rings is 1. The van der Waals surface area contributed by atoms with Crippen molar-refractivity contribution in [3.05, 3.63) is 6.07 Å². The molecule has 9 heteroatoms. The second-order valence-corrected chi connectivity index (χ2v) is 10.4. The van der Waals surface area contributed by atoms with Crippen molar-refractivity contribution < 1.29 is 4.74 Å². The molecule has 3 saturated heterocycles. The van der Waals surface area contributed by atoms with Gasteiger partial charge in [0.1, 0.15) is 11.6 Å². The Bertz CT molecular complexity index is 755. The van der Waals surface area contributed by atoms with Crippen molar-refractivity contribution in [1.82, 2.24) is 20.2 Å². The smallest absolute Gasteiger partial charge is 0.232 e. The van der Waals surface area contributed by atoms with E-state index >= 15 is 0 Å². The minimum absolute atomic E-state index is 0.586. The average Bonchev–Trinajstić information content (AvgIpc) is 3.09. The highest BCUT2D eigenvalue weighted by Gasteiger charge is 2.25. The molecule has 0 spiro atoms. The van der Waals surface area contributed by atoms with E-state index in [1.807, 2.05) is 0 Å². The van der Waals surface area contributed by atoms with Crippen LogP contribution in [0.4, 0.5) is 17.6 Å². The topological polar surface area (TPSA) is 68.8 Å². The molecule has 0 bridgehead atoms. The van der Waals surface area contributed by atoms with Crippen LogP contribution in [0.25, 0.3) is 0 Å². The molecule has 4 heterocycles. The van der Waals surface area contributed by atoms with Gasteiger partial charge in [-0.3, -0.25) is 4.90 Å². The van der Waals surface area contributed by atoms with Crippen molar-refractivity contribution in [3.63, 3.8) is 0 Å². The second kappa shape index (κ2) is 12.1. The number of hydrogen-bond acceptors (Lipinski definition) is 7. The molecule has 0 saturated carbocycles. The molecule has 0 amide bonds. The van der Waals surface area contributed by atoms with Gasteiger partial charge in [0.25, 0.3) is 0 Å². The number of piperidine rings is 1. The van der Waals surface area contributed by atoms with E-state index in [1.54, 1.807) is 0 Å². The fraction of sp³-hybridized carbons (Fsp3) is 0.792. The molecule has 2 N–H and O–H groups in total. The maximum Gasteiger partial charge on any atom is 0.232 e. The Hall–Kier alpha value is -1.71. The molecule has 184 valence electrons. The molecular weight excluding hydrogens is 434 g/mol. The van der Waals surface area contributed by atoms with Crippen molar-refractivity contribution in [1.29, 1.82) is 0 Å². The highest BCUT2D eigenvalue weighted by Crippen LogP contribution is 2.29. The Morgan fingerprint density at radius 1 is 0.970 bits per heavy atom. The van der Waals surface area contributed by atoms with Gasteiger partial charge in [-0.15, -0.1) is 0 Å². The van der Waals surface area contributed by atoms with Crippen LogP contribution in [0.1, 0.15) is 46.0 Å². The largest absolute Gasteiger partial charge is 0.379 e. The summed E-state index contributed by atoms with van der Waals surface area (Å²) in [6.07, 6.45) is 6.33. The summed E-state index contributed by atoms with van der Waals surface area (Å²) in [6.45, 7) is 14.2. The summed E-state index contributed by atoms with van der Waals surface area (Å²) in [5.74, 6) is 3.98. The molecule has 2 atom stereocenters. The van der Waals surface area contributed by atoms with Gasteiger partial charge < -0.3 is 25.2 Å². The van der Waals surface area contributed by atoms with Crippen LogP contribution in [0.3, 0.4) is 0 Å². The van der Waals surface area contributed by atoms with Crippen LogP contribution in [0.5, 0.6) is 0 Å². The van der Waals surface area contributed by atoms with Gasteiger partial charge in [0.15, 0.2) is 5.11 Å². The van der Waals surface area contributed by atoms with Gasteiger partial charge in [-0.25, -0.2) is 0 Å². The third kappa shape index (κ3) is 7.39. The van der Waals surface area contributed by atoms with E-state index in [1.165, 1.54) is 32.1 Å². The van der Waals surface area contributed by atoms with Crippen LogP contribution in [0, 0.1) is 11.8 Å². The van der Waals surface area contributed by atoms with Gasteiger partial charge in [0.2, 0.25) is 5.95 Å². The van der Waals surface area contributed by atoms with Crippen molar-refractivity contribution in [3.8, 4) is 0 Å². The fourth-order valence-electron chi connectivity index (χ4n) is 5.25. The highest BCUT2D eigenvalue weighted by atomic mass is 32.1. The van der Waals surface area contributed by atoms with Crippen molar-refractivity contribution >= 4 is 34.9 Å². The predicted octanol–water partition coefficient (Wildman–Crippen LogP) is 2.96. The highest BCUT2D eigenvalue weighted by molar-refractivity contribution is 7.80. The number of hydrogen-bond donors (Lipinski definition) is 2. The maximum atomic E-state index is 5.59. The maximum absolute atomic E-state index is 5.59. The quantitative estimate of drug-likeness (QED) is 0.604. The van der Waals surface area contributed by atoms with E-state index in [-0.39, 0.29) is 0 Å². The number of nitrogens with one attached hydrogen (secondary N) is 2. The summed E-state index contributed by atoms with van der Waals surface area (Å²) in [5.41, 5.74) is 0. The Balaban J connectivity index is 1.44. The molecule has 3 aliphatic heterocycles. The van der Waals surface area contributed by atoms with Gasteiger partial charge in [-0.1, -0.05) is 26.7 Å². The molecule has 0 aromatic carbocycles. The third-order valence-electron chi connectivity index (χ3n) is 6.86. The van der Waals surface area contributed by atoms with Crippen LogP contribution in [0.2, 0.25) is 0 Å². The number of ether oxygens (including phenoxy) is 1. The Labute approximate surface area is 204 Å². The molecule has 1 aromatic rings. The number of aromatic nitrogens is 2. The number of nitrogens with zero attached hydrogens (tertiary/aromatic N) is 5. The monoisotopic (exact) mass is 475 g/mol. The van der Waals surface area contributed by atoms with E-state index in [0.717, 1.165) is 77.2 Å². The molecule has 8 nitrogen and oxygen atoms in total. The molecule has 0 radical (unpaired) electrons. The van der Waals surface area contributed by atoms with Crippen LogP contribution >= 0.6 is 12.2 Å². The van der Waals surface area contributed by atoms with E-state index in [0.29, 0.717) is 22.9 Å². The minimum Gasteiger partial charge on any atom is -0.379 e. The summed E-state index contributed by atoms with van der Waals surface area (Å²) in [5, 5.41) is 7.20. The summed E-state index contributed by atoms with van der Waals surface area (Å²) in [4.78, 5) is 17.1. The summed E-state index contributed by atoms with van der Waals surface area (Å²) in [6, 6.07) is 2.19. The Morgan fingerprint density at radius 2 is 1.61 bits per heavy atom. The van der Waals surface area contributed by atoms with Crippen molar-refractivity contribution in [2.24, 2.45) is 11.8 Å². The first kappa shape index (κ1) is 24.4. The zero-order chi connectivity index (χ0) is 23.0. The number of rotatable bonds is 6. The SMILES string of the molecule is CC1CC(C)CN(c2cc(N3CCCCCC3)nc(NC(=S)NCCN3CCOCC3)n2)C1. The molecule has 3 fully saturated rings. The Kier molecular flexibility index (Phi) is 8.97. The van der Waals surface area contributed by atoms with Gasteiger partial charge in [-0.05, 0) is 43.3 Å². The fourth-order valence-corrected chi connectivity index (χ4v) is 5.44. The third-order valence-corrected chi connectivity index (χ3v) is 7.11. The van der Waals surface area contributed by atoms with E-state index in [9.17, 15) is 0 Å². The lowest BCUT2D eigenvalue weighted by Gasteiger charge is -2.36. The Morgan fingerprint density at radius 3 is 2.27 bits per heavy atom. The van der Waals surface area contributed by atoms with E-state index in [4.69, 9.17) is 26.9 Å². The van der Waals surface area contributed by atoms with Crippen molar-refractivity contribution in [2.45, 2.75) is 46.0 Å².